The van der Waals surface area contributed by atoms with Gasteiger partial charge in [-0.05, 0) is 18.6 Å². The molecule has 1 heterocycles. The van der Waals surface area contributed by atoms with Crippen LogP contribution in [0.4, 0.5) is 0 Å². The third-order valence-electron chi connectivity index (χ3n) is 2.23. The molecule has 13 heavy (non-hydrogen) atoms. The van der Waals surface area contributed by atoms with Crippen molar-refractivity contribution in [3.63, 3.8) is 0 Å². The second-order valence-corrected chi connectivity index (χ2v) is 3.44. The number of carbonyl (C=O) groups is 1. The fourth-order valence-electron chi connectivity index (χ4n) is 1.48. The van der Waals surface area contributed by atoms with Gasteiger partial charge in [0.25, 0.3) is 5.91 Å². The molecule has 3 heteroatoms. The smallest absolute Gasteiger partial charge is 0.266 e. The minimum absolute atomic E-state index is 0.0928. The van der Waals surface area contributed by atoms with E-state index in [4.69, 9.17) is 11.6 Å². The zero-order valence-corrected chi connectivity index (χ0v) is 7.88. The van der Waals surface area contributed by atoms with E-state index in [2.05, 4.69) is 4.99 Å². The van der Waals surface area contributed by atoms with E-state index in [1.54, 1.807) is 0 Å². The van der Waals surface area contributed by atoms with Crippen LogP contribution in [-0.4, -0.2) is 11.6 Å². The lowest BCUT2D eigenvalue weighted by Gasteiger charge is -2.20. The molecule has 0 N–H and O–H groups in total. The van der Waals surface area contributed by atoms with E-state index >= 15 is 0 Å². The van der Waals surface area contributed by atoms with Gasteiger partial charge in [0.1, 0.15) is 5.03 Å². The van der Waals surface area contributed by atoms with Crippen molar-refractivity contribution >= 4 is 23.2 Å². The summed E-state index contributed by atoms with van der Waals surface area (Å²) in [7, 11) is 0. The van der Waals surface area contributed by atoms with Crippen LogP contribution in [0.1, 0.15) is 6.92 Å². The summed E-state index contributed by atoms with van der Waals surface area (Å²) in [5.41, 5.74) is 1.67. The van der Waals surface area contributed by atoms with Gasteiger partial charge in [-0.25, -0.2) is 4.99 Å². The van der Waals surface area contributed by atoms with Crippen molar-refractivity contribution < 1.29 is 4.79 Å². The highest BCUT2D eigenvalue weighted by molar-refractivity contribution is 6.44. The zero-order valence-electron chi connectivity index (χ0n) is 7.12. The monoisotopic (exact) mass is 193 g/mol. The van der Waals surface area contributed by atoms with E-state index in [0.29, 0.717) is 0 Å². The number of hydrogen-bond donors (Lipinski definition) is 0. The topological polar surface area (TPSA) is 29.4 Å². The Morgan fingerprint density at radius 1 is 1.46 bits per heavy atom. The molecule has 0 saturated carbocycles. The predicted molar refractivity (Wildman–Crippen MR) is 52.8 cm³/mol. The fraction of sp³-hybridized carbons (Fsp3) is 0.200. The maximum absolute atomic E-state index is 11.2. The maximum Gasteiger partial charge on any atom is 0.288 e. The molecule has 2 nitrogen and oxygen atoms in total. The number of carbonyl (C=O) groups excluding carboxylic acids is 1. The molecule has 0 aromatic rings. The van der Waals surface area contributed by atoms with E-state index < -0.39 is 0 Å². The lowest BCUT2D eigenvalue weighted by molar-refractivity contribution is -0.113. The summed E-state index contributed by atoms with van der Waals surface area (Å²) in [5, 5.41) is 0.258. The average molecular weight is 194 g/mol. The molecule has 0 aromatic carbocycles. The Morgan fingerprint density at radius 2 is 2.23 bits per heavy atom. The molecule has 1 aliphatic carbocycles. The summed E-state index contributed by atoms with van der Waals surface area (Å²) >= 11 is 5.80. The minimum Gasteiger partial charge on any atom is -0.266 e. The largest absolute Gasteiger partial charge is 0.288 e. The van der Waals surface area contributed by atoms with Gasteiger partial charge in [-0.1, -0.05) is 29.8 Å². The number of rotatable bonds is 0. The molecule has 2 aliphatic rings. The van der Waals surface area contributed by atoms with E-state index in [9.17, 15) is 4.79 Å². The summed E-state index contributed by atoms with van der Waals surface area (Å²) in [4.78, 5) is 15.1. The lowest BCUT2D eigenvalue weighted by atomic mass is 9.89. The highest BCUT2D eigenvalue weighted by atomic mass is 35.5. The van der Waals surface area contributed by atoms with Crippen LogP contribution in [0, 0.1) is 5.92 Å². The predicted octanol–water partition coefficient (Wildman–Crippen LogP) is 2.22. The highest BCUT2D eigenvalue weighted by Crippen LogP contribution is 2.28. The summed E-state index contributed by atoms with van der Waals surface area (Å²) in [6.45, 7) is 1.86. The molecule has 0 fully saturated rings. The fourth-order valence-corrected chi connectivity index (χ4v) is 1.64. The van der Waals surface area contributed by atoms with E-state index in [0.717, 1.165) is 11.3 Å². The zero-order chi connectivity index (χ0) is 9.42. The summed E-state index contributed by atoms with van der Waals surface area (Å²) in [6.07, 6.45) is 7.64. The van der Waals surface area contributed by atoms with Gasteiger partial charge < -0.3 is 0 Å². The van der Waals surface area contributed by atoms with Gasteiger partial charge in [0.2, 0.25) is 0 Å². The molecule has 0 radical (unpaired) electrons. The number of hydrogen-bond acceptors (Lipinski definition) is 1. The van der Waals surface area contributed by atoms with Crippen molar-refractivity contribution in [2.75, 3.05) is 0 Å². The average Bonchev–Trinajstić information content (AvgIpc) is 2.15. The lowest BCUT2D eigenvalue weighted by Crippen LogP contribution is -2.21. The summed E-state index contributed by atoms with van der Waals surface area (Å²) in [6, 6.07) is 0. The maximum atomic E-state index is 11.2. The Bertz CT molecular complexity index is 386. The first kappa shape index (κ1) is 8.45. The second kappa shape index (κ2) is 2.96. The van der Waals surface area contributed by atoms with Crippen molar-refractivity contribution in [3.05, 3.63) is 34.9 Å². The van der Waals surface area contributed by atoms with Crippen LogP contribution in [0.25, 0.3) is 0 Å². The van der Waals surface area contributed by atoms with Crippen molar-refractivity contribution in [2.45, 2.75) is 6.92 Å². The van der Waals surface area contributed by atoms with Crippen LogP contribution in [0.2, 0.25) is 0 Å². The van der Waals surface area contributed by atoms with E-state index in [1.165, 1.54) is 0 Å². The molecule has 1 aliphatic heterocycles. The molecule has 1 unspecified atom stereocenters. The van der Waals surface area contributed by atoms with Gasteiger partial charge in [0, 0.05) is 5.92 Å². The SMILES string of the molecule is CC1=C(Cl)C(=O)N=C2C=CC=CC21. The third-order valence-corrected chi connectivity index (χ3v) is 2.69. The molecule has 2 rings (SSSR count). The number of allylic oxidation sites excluding steroid dienone is 5. The Hall–Kier alpha value is -1.15. The molecule has 0 bridgehead atoms. The summed E-state index contributed by atoms with van der Waals surface area (Å²) < 4.78 is 0. The number of fused-ring (bicyclic) bond motifs is 1. The first-order valence-corrected chi connectivity index (χ1v) is 4.42. The number of dihydropyridines is 1. The van der Waals surface area contributed by atoms with Crippen molar-refractivity contribution in [1.29, 1.82) is 0 Å². The van der Waals surface area contributed by atoms with Crippen LogP contribution < -0.4 is 0 Å². The molecule has 1 amide bonds. The van der Waals surface area contributed by atoms with E-state index in [1.807, 2.05) is 31.2 Å². The van der Waals surface area contributed by atoms with Crippen LogP contribution in [0.5, 0.6) is 0 Å². The van der Waals surface area contributed by atoms with Gasteiger partial charge in [-0.2, -0.15) is 0 Å². The van der Waals surface area contributed by atoms with Crippen molar-refractivity contribution in [2.24, 2.45) is 10.9 Å². The molecule has 1 atom stereocenters. The third kappa shape index (κ3) is 1.27. The number of amides is 1. The Kier molecular flexibility index (Phi) is 1.93. The van der Waals surface area contributed by atoms with Crippen molar-refractivity contribution in [3.8, 4) is 0 Å². The first-order valence-electron chi connectivity index (χ1n) is 4.04. The first-order chi connectivity index (χ1) is 6.20. The number of halogens is 1. The van der Waals surface area contributed by atoms with Gasteiger partial charge in [0.15, 0.2) is 0 Å². The van der Waals surface area contributed by atoms with Gasteiger partial charge in [-0.15, -0.1) is 0 Å². The normalized spacial score (nSPS) is 26.2. The van der Waals surface area contributed by atoms with Crippen LogP contribution >= 0.6 is 11.6 Å². The Morgan fingerprint density at radius 3 is 3.00 bits per heavy atom. The van der Waals surface area contributed by atoms with Gasteiger partial charge >= 0.3 is 0 Å². The molecule has 0 spiro atoms. The minimum atomic E-state index is -0.328. The van der Waals surface area contributed by atoms with Crippen LogP contribution in [-0.2, 0) is 4.79 Å². The molecule has 66 valence electrons. The number of aliphatic imine (C=N–C) groups is 1. The highest BCUT2D eigenvalue weighted by Gasteiger charge is 2.25. The summed E-state index contributed by atoms with van der Waals surface area (Å²) in [5.74, 6) is -0.236. The molecule has 0 aromatic heterocycles. The molecular formula is C10H8ClNO. The van der Waals surface area contributed by atoms with Crippen LogP contribution in [0.3, 0.4) is 0 Å². The standard InChI is InChI=1S/C10H8ClNO/c1-6-7-4-2-3-5-8(7)12-10(13)9(6)11/h2-5,7H,1H3. The van der Waals surface area contributed by atoms with Gasteiger partial charge in [0.05, 0.1) is 5.71 Å². The van der Waals surface area contributed by atoms with Gasteiger partial charge in [-0.3, -0.25) is 4.79 Å². The second-order valence-electron chi connectivity index (χ2n) is 3.06. The van der Waals surface area contributed by atoms with Crippen LogP contribution in [0.15, 0.2) is 39.9 Å². The number of nitrogens with zero attached hydrogens (tertiary/aromatic N) is 1. The quantitative estimate of drug-likeness (QED) is 0.580. The molecular weight excluding hydrogens is 186 g/mol. The Labute approximate surface area is 81.3 Å². The van der Waals surface area contributed by atoms with E-state index in [-0.39, 0.29) is 16.9 Å². The molecule has 0 saturated heterocycles. The van der Waals surface area contributed by atoms with Crippen molar-refractivity contribution in [1.82, 2.24) is 0 Å². The Balaban J connectivity index is 2.50.